The van der Waals surface area contributed by atoms with E-state index in [9.17, 15) is 9.59 Å². The summed E-state index contributed by atoms with van der Waals surface area (Å²) >= 11 is 0. The Balaban J connectivity index is 1.76. The Morgan fingerprint density at radius 3 is 2.80 bits per heavy atom. The highest BCUT2D eigenvalue weighted by Crippen LogP contribution is 2.17. The van der Waals surface area contributed by atoms with Gasteiger partial charge in [-0.3, -0.25) is 9.59 Å². The lowest BCUT2D eigenvalue weighted by Crippen LogP contribution is -2.32. The van der Waals surface area contributed by atoms with Crippen LogP contribution in [0.4, 0.5) is 0 Å². The molecule has 1 aliphatic heterocycles. The van der Waals surface area contributed by atoms with Crippen molar-refractivity contribution in [3.63, 3.8) is 0 Å². The Labute approximate surface area is 119 Å². The molecule has 2 amide bonds. The Morgan fingerprint density at radius 2 is 2.15 bits per heavy atom. The van der Waals surface area contributed by atoms with Crippen LogP contribution in [0.2, 0.25) is 0 Å². The first-order valence-electron chi connectivity index (χ1n) is 6.97. The predicted molar refractivity (Wildman–Crippen MR) is 78.8 cm³/mol. The summed E-state index contributed by atoms with van der Waals surface area (Å²) < 4.78 is 0. The lowest BCUT2D eigenvalue weighted by molar-refractivity contribution is -0.128. The van der Waals surface area contributed by atoms with Gasteiger partial charge in [0, 0.05) is 26.1 Å². The van der Waals surface area contributed by atoms with Crippen LogP contribution in [0, 0.1) is 5.92 Å². The van der Waals surface area contributed by atoms with Crippen molar-refractivity contribution in [2.24, 2.45) is 5.92 Å². The summed E-state index contributed by atoms with van der Waals surface area (Å²) in [6, 6.07) is 9.93. The Bertz CT molecular complexity index is 496. The second-order valence-corrected chi connectivity index (χ2v) is 4.89. The average Bonchev–Trinajstić information content (AvgIpc) is 2.86. The highest BCUT2D eigenvalue weighted by atomic mass is 16.2. The molecule has 1 N–H and O–H groups in total. The molecule has 1 fully saturated rings. The molecule has 0 aromatic heterocycles. The van der Waals surface area contributed by atoms with Crippen molar-refractivity contribution < 1.29 is 9.59 Å². The van der Waals surface area contributed by atoms with Crippen molar-refractivity contribution in [1.82, 2.24) is 10.2 Å². The standard InChI is InChI=1S/C16H20N2O2/c1-2-18-12-14(11-15(18)19)16(20)17-10-6-9-13-7-4-3-5-8-13/h3-9,14H,2,10-12H2,1H3,(H,17,20)/b9-6-/t14-/m0/s1. The summed E-state index contributed by atoms with van der Waals surface area (Å²) in [5.41, 5.74) is 1.11. The van der Waals surface area contributed by atoms with E-state index in [0.717, 1.165) is 5.56 Å². The third kappa shape index (κ3) is 3.70. The van der Waals surface area contributed by atoms with Crippen LogP contribution < -0.4 is 5.32 Å². The fourth-order valence-electron chi connectivity index (χ4n) is 2.32. The Hall–Kier alpha value is -2.10. The number of rotatable bonds is 5. The molecule has 20 heavy (non-hydrogen) atoms. The highest BCUT2D eigenvalue weighted by molar-refractivity contribution is 5.89. The van der Waals surface area contributed by atoms with Crippen molar-refractivity contribution >= 4 is 17.9 Å². The van der Waals surface area contributed by atoms with Gasteiger partial charge in [-0.2, -0.15) is 0 Å². The van der Waals surface area contributed by atoms with Gasteiger partial charge in [0.15, 0.2) is 0 Å². The monoisotopic (exact) mass is 272 g/mol. The lowest BCUT2D eigenvalue weighted by Gasteiger charge is -2.13. The number of amides is 2. The molecule has 2 rings (SSSR count). The van der Waals surface area contributed by atoms with Crippen LogP contribution in [0.3, 0.4) is 0 Å². The maximum absolute atomic E-state index is 11.9. The minimum Gasteiger partial charge on any atom is -0.352 e. The van der Waals surface area contributed by atoms with Gasteiger partial charge in [-0.1, -0.05) is 42.5 Å². The van der Waals surface area contributed by atoms with E-state index in [1.165, 1.54) is 0 Å². The first-order chi connectivity index (χ1) is 9.70. The summed E-state index contributed by atoms with van der Waals surface area (Å²) in [6.07, 6.45) is 4.22. The summed E-state index contributed by atoms with van der Waals surface area (Å²) in [7, 11) is 0. The number of benzene rings is 1. The number of nitrogens with zero attached hydrogens (tertiary/aromatic N) is 1. The second-order valence-electron chi connectivity index (χ2n) is 4.89. The molecule has 4 nitrogen and oxygen atoms in total. The van der Waals surface area contributed by atoms with Crippen LogP contribution in [-0.2, 0) is 9.59 Å². The van der Waals surface area contributed by atoms with Gasteiger partial charge < -0.3 is 10.2 Å². The van der Waals surface area contributed by atoms with Crippen molar-refractivity contribution in [2.75, 3.05) is 19.6 Å². The maximum Gasteiger partial charge on any atom is 0.225 e. The van der Waals surface area contributed by atoms with E-state index in [0.29, 0.717) is 26.1 Å². The zero-order valence-corrected chi connectivity index (χ0v) is 11.7. The van der Waals surface area contributed by atoms with Crippen LogP contribution in [-0.4, -0.2) is 36.3 Å². The van der Waals surface area contributed by atoms with Crippen LogP contribution in [0.1, 0.15) is 18.9 Å². The molecule has 4 heteroatoms. The third-order valence-corrected chi connectivity index (χ3v) is 3.47. The Morgan fingerprint density at radius 1 is 1.40 bits per heavy atom. The van der Waals surface area contributed by atoms with Crippen LogP contribution in [0.25, 0.3) is 6.08 Å². The minimum atomic E-state index is -0.201. The van der Waals surface area contributed by atoms with Crippen molar-refractivity contribution in [3.8, 4) is 0 Å². The molecule has 1 atom stereocenters. The molecule has 0 aliphatic carbocycles. The molecule has 0 bridgehead atoms. The number of carbonyl (C=O) groups excluding carboxylic acids is 2. The van der Waals surface area contributed by atoms with Crippen LogP contribution in [0.15, 0.2) is 36.4 Å². The third-order valence-electron chi connectivity index (χ3n) is 3.47. The van der Waals surface area contributed by atoms with Gasteiger partial charge in [0.25, 0.3) is 0 Å². The number of nitrogens with one attached hydrogen (secondary N) is 1. The topological polar surface area (TPSA) is 49.4 Å². The normalized spacial score (nSPS) is 18.8. The highest BCUT2D eigenvalue weighted by Gasteiger charge is 2.32. The number of hydrogen-bond acceptors (Lipinski definition) is 2. The molecule has 106 valence electrons. The number of carbonyl (C=O) groups is 2. The van der Waals surface area contributed by atoms with E-state index in [1.807, 2.05) is 49.4 Å². The van der Waals surface area contributed by atoms with Gasteiger partial charge in [-0.05, 0) is 12.5 Å². The average molecular weight is 272 g/mol. The van der Waals surface area contributed by atoms with Gasteiger partial charge in [0.1, 0.15) is 0 Å². The van der Waals surface area contributed by atoms with Gasteiger partial charge >= 0.3 is 0 Å². The van der Waals surface area contributed by atoms with Gasteiger partial charge in [0.2, 0.25) is 11.8 Å². The molecule has 1 aliphatic rings. The second kappa shape index (κ2) is 6.89. The smallest absolute Gasteiger partial charge is 0.225 e. The first kappa shape index (κ1) is 14.3. The van der Waals surface area contributed by atoms with E-state index in [4.69, 9.17) is 0 Å². The minimum absolute atomic E-state index is 0.0352. The molecule has 1 heterocycles. The zero-order valence-electron chi connectivity index (χ0n) is 11.7. The first-order valence-corrected chi connectivity index (χ1v) is 6.97. The molecule has 0 spiro atoms. The summed E-state index contributed by atoms with van der Waals surface area (Å²) in [5.74, 6) is -0.160. The van der Waals surface area contributed by atoms with E-state index in [1.54, 1.807) is 4.90 Å². The van der Waals surface area contributed by atoms with E-state index < -0.39 is 0 Å². The van der Waals surface area contributed by atoms with Gasteiger partial charge in [-0.15, -0.1) is 0 Å². The van der Waals surface area contributed by atoms with E-state index in [2.05, 4.69) is 5.32 Å². The van der Waals surface area contributed by atoms with Gasteiger partial charge in [0.05, 0.1) is 5.92 Å². The molecule has 1 aromatic rings. The fraction of sp³-hybridized carbons (Fsp3) is 0.375. The number of likely N-dealkylation sites (tertiary alicyclic amines) is 1. The van der Waals surface area contributed by atoms with Crippen molar-refractivity contribution in [3.05, 3.63) is 42.0 Å². The van der Waals surface area contributed by atoms with Crippen molar-refractivity contribution in [2.45, 2.75) is 13.3 Å². The summed E-state index contributed by atoms with van der Waals surface area (Å²) in [5, 5.41) is 2.86. The largest absolute Gasteiger partial charge is 0.352 e. The molecule has 0 radical (unpaired) electrons. The van der Waals surface area contributed by atoms with E-state index in [-0.39, 0.29) is 17.7 Å². The lowest BCUT2D eigenvalue weighted by atomic mass is 10.1. The Kier molecular flexibility index (Phi) is 4.93. The number of hydrogen-bond donors (Lipinski definition) is 1. The molecule has 1 aromatic carbocycles. The molecule has 1 saturated heterocycles. The maximum atomic E-state index is 11.9. The molecule has 0 unspecified atom stereocenters. The van der Waals surface area contributed by atoms with Crippen molar-refractivity contribution in [1.29, 1.82) is 0 Å². The SMILES string of the molecule is CCN1C[C@@H](C(=O)NC/C=C\c2ccccc2)CC1=O. The zero-order chi connectivity index (χ0) is 14.4. The fourth-order valence-corrected chi connectivity index (χ4v) is 2.32. The van der Waals surface area contributed by atoms with Crippen LogP contribution in [0.5, 0.6) is 0 Å². The molecular weight excluding hydrogens is 252 g/mol. The van der Waals surface area contributed by atoms with Crippen LogP contribution >= 0.6 is 0 Å². The summed E-state index contributed by atoms with van der Waals surface area (Å²) in [6.45, 7) is 3.64. The molecular formula is C16H20N2O2. The quantitative estimate of drug-likeness (QED) is 0.886. The van der Waals surface area contributed by atoms with E-state index >= 15 is 0 Å². The predicted octanol–water partition coefficient (Wildman–Crippen LogP) is 1.68. The summed E-state index contributed by atoms with van der Waals surface area (Å²) in [4.78, 5) is 25.2. The van der Waals surface area contributed by atoms with Gasteiger partial charge in [-0.25, -0.2) is 0 Å². The molecule has 0 saturated carbocycles.